The summed E-state index contributed by atoms with van der Waals surface area (Å²) in [5, 5.41) is 7.40. The Morgan fingerprint density at radius 1 is 1.67 bits per heavy atom. The average Bonchev–Trinajstić information content (AvgIpc) is 2.73. The fraction of sp³-hybridized carbons (Fsp3) is 0.600. The number of carbonyl (C=O) groups is 1. The summed E-state index contributed by atoms with van der Waals surface area (Å²) in [6.45, 7) is 3.48. The standard InChI is InChI=1S/C10H16N4O/c1-6-3-13-14(2)9(6)7-4-12-5-8(7)10(11)15/h3,7-8,12H,4-5H2,1-2H3,(H2,11,15). The largest absolute Gasteiger partial charge is 0.369 e. The summed E-state index contributed by atoms with van der Waals surface area (Å²) >= 11 is 0. The third-order valence-electron chi connectivity index (χ3n) is 3.11. The number of aryl methyl sites for hydroxylation is 2. The molecule has 2 unspecified atom stereocenters. The molecule has 1 fully saturated rings. The van der Waals surface area contributed by atoms with E-state index < -0.39 is 0 Å². The molecule has 82 valence electrons. The minimum absolute atomic E-state index is 0.112. The lowest BCUT2D eigenvalue weighted by Crippen LogP contribution is -2.29. The van der Waals surface area contributed by atoms with Gasteiger partial charge in [-0.3, -0.25) is 9.48 Å². The van der Waals surface area contributed by atoms with Gasteiger partial charge in [0.15, 0.2) is 0 Å². The first-order valence-corrected chi connectivity index (χ1v) is 5.09. The molecule has 2 atom stereocenters. The fourth-order valence-corrected chi connectivity index (χ4v) is 2.35. The van der Waals surface area contributed by atoms with E-state index in [1.165, 1.54) is 0 Å². The van der Waals surface area contributed by atoms with Gasteiger partial charge in [-0.1, -0.05) is 0 Å². The van der Waals surface area contributed by atoms with E-state index in [1.54, 1.807) is 0 Å². The quantitative estimate of drug-likeness (QED) is 0.689. The Hall–Kier alpha value is -1.36. The number of nitrogens with one attached hydrogen (secondary N) is 1. The average molecular weight is 208 g/mol. The molecule has 5 nitrogen and oxygen atoms in total. The summed E-state index contributed by atoms with van der Waals surface area (Å²) in [5.74, 6) is -0.181. The van der Waals surface area contributed by atoms with Gasteiger partial charge in [0.2, 0.25) is 5.91 Å². The molecule has 2 heterocycles. The minimum atomic E-state index is -0.231. The predicted octanol–water partition coefficient (Wildman–Crippen LogP) is -0.483. The van der Waals surface area contributed by atoms with Crippen molar-refractivity contribution in [2.75, 3.05) is 13.1 Å². The van der Waals surface area contributed by atoms with Crippen LogP contribution in [-0.2, 0) is 11.8 Å². The third kappa shape index (κ3) is 1.63. The molecule has 1 aromatic rings. The van der Waals surface area contributed by atoms with Crippen LogP contribution in [0.2, 0.25) is 0 Å². The number of aromatic nitrogens is 2. The van der Waals surface area contributed by atoms with E-state index in [2.05, 4.69) is 10.4 Å². The van der Waals surface area contributed by atoms with Crippen LogP contribution >= 0.6 is 0 Å². The number of nitrogens with zero attached hydrogens (tertiary/aromatic N) is 2. The van der Waals surface area contributed by atoms with Crippen molar-refractivity contribution in [3.63, 3.8) is 0 Å². The van der Waals surface area contributed by atoms with Gasteiger partial charge in [0.1, 0.15) is 0 Å². The number of amides is 1. The Morgan fingerprint density at radius 2 is 2.40 bits per heavy atom. The molecule has 0 spiro atoms. The molecular weight excluding hydrogens is 192 g/mol. The van der Waals surface area contributed by atoms with E-state index >= 15 is 0 Å². The lowest BCUT2D eigenvalue weighted by Gasteiger charge is -2.16. The van der Waals surface area contributed by atoms with Crippen LogP contribution in [0.15, 0.2) is 6.20 Å². The number of nitrogens with two attached hydrogens (primary N) is 1. The second kappa shape index (κ2) is 3.66. The summed E-state index contributed by atoms with van der Waals surface area (Å²) in [5.41, 5.74) is 7.62. The zero-order valence-electron chi connectivity index (χ0n) is 9.03. The lowest BCUT2D eigenvalue weighted by atomic mass is 9.90. The third-order valence-corrected chi connectivity index (χ3v) is 3.11. The number of hydrogen-bond donors (Lipinski definition) is 2. The van der Waals surface area contributed by atoms with Crippen LogP contribution in [0.1, 0.15) is 17.2 Å². The van der Waals surface area contributed by atoms with Crippen molar-refractivity contribution >= 4 is 5.91 Å². The molecule has 0 saturated carbocycles. The smallest absolute Gasteiger partial charge is 0.222 e. The molecule has 5 heteroatoms. The van der Waals surface area contributed by atoms with E-state index in [4.69, 9.17) is 5.73 Å². The topological polar surface area (TPSA) is 72.9 Å². The molecular formula is C10H16N4O. The van der Waals surface area contributed by atoms with Gasteiger partial charge >= 0.3 is 0 Å². The Bertz CT molecular complexity index is 365. The van der Waals surface area contributed by atoms with Crippen LogP contribution < -0.4 is 11.1 Å². The second-order valence-electron chi connectivity index (χ2n) is 4.11. The maximum atomic E-state index is 11.3. The number of carbonyl (C=O) groups excluding carboxylic acids is 1. The molecule has 1 aliphatic rings. The highest BCUT2D eigenvalue weighted by atomic mass is 16.1. The Morgan fingerprint density at radius 3 is 2.93 bits per heavy atom. The normalized spacial score (nSPS) is 25.7. The van der Waals surface area contributed by atoms with Gasteiger partial charge in [0.05, 0.1) is 12.1 Å². The summed E-state index contributed by atoms with van der Waals surface area (Å²) in [6.07, 6.45) is 1.83. The summed E-state index contributed by atoms with van der Waals surface area (Å²) in [7, 11) is 1.90. The molecule has 0 radical (unpaired) electrons. The van der Waals surface area contributed by atoms with Crippen molar-refractivity contribution in [3.05, 3.63) is 17.5 Å². The molecule has 15 heavy (non-hydrogen) atoms. The molecule has 0 aromatic carbocycles. The Labute approximate surface area is 88.6 Å². The van der Waals surface area contributed by atoms with Gasteiger partial charge in [-0.2, -0.15) is 5.10 Å². The van der Waals surface area contributed by atoms with Gasteiger partial charge in [0.25, 0.3) is 0 Å². The van der Waals surface area contributed by atoms with E-state index in [1.807, 2.05) is 24.9 Å². The van der Waals surface area contributed by atoms with E-state index in [-0.39, 0.29) is 17.7 Å². The van der Waals surface area contributed by atoms with Crippen molar-refractivity contribution in [2.24, 2.45) is 18.7 Å². The Kier molecular flexibility index (Phi) is 2.48. The van der Waals surface area contributed by atoms with Crippen molar-refractivity contribution in [2.45, 2.75) is 12.8 Å². The predicted molar refractivity (Wildman–Crippen MR) is 56.2 cm³/mol. The molecule has 0 bridgehead atoms. The van der Waals surface area contributed by atoms with E-state index in [0.29, 0.717) is 6.54 Å². The second-order valence-corrected chi connectivity index (χ2v) is 4.11. The maximum Gasteiger partial charge on any atom is 0.222 e. The van der Waals surface area contributed by atoms with Crippen LogP contribution in [0.5, 0.6) is 0 Å². The van der Waals surface area contributed by atoms with Gasteiger partial charge < -0.3 is 11.1 Å². The van der Waals surface area contributed by atoms with Crippen LogP contribution in [0.3, 0.4) is 0 Å². The molecule has 1 aromatic heterocycles. The van der Waals surface area contributed by atoms with Crippen molar-refractivity contribution in [1.29, 1.82) is 0 Å². The SMILES string of the molecule is Cc1cnn(C)c1C1CNCC1C(N)=O. The first kappa shape index (κ1) is 10.2. The highest BCUT2D eigenvalue weighted by Crippen LogP contribution is 2.29. The Balaban J connectivity index is 2.34. The maximum absolute atomic E-state index is 11.3. The summed E-state index contributed by atoms with van der Waals surface area (Å²) < 4.78 is 1.84. The molecule has 1 saturated heterocycles. The zero-order chi connectivity index (χ0) is 11.0. The minimum Gasteiger partial charge on any atom is -0.369 e. The van der Waals surface area contributed by atoms with Crippen molar-refractivity contribution in [3.8, 4) is 0 Å². The first-order valence-electron chi connectivity index (χ1n) is 5.09. The number of rotatable bonds is 2. The van der Waals surface area contributed by atoms with E-state index in [9.17, 15) is 4.79 Å². The van der Waals surface area contributed by atoms with Gasteiger partial charge in [-0.15, -0.1) is 0 Å². The number of hydrogen-bond acceptors (Lipinski definition) is 3. The van der Waals surface area contributed by atoms with Crippen LogP contribution in [0.4, 0.5) is 0 Å². The summed E-state index contributed by atoms with van der Waals surface area (Å²) in [4.78, 5) is 11.3. The van der Waals surface area contributed by atoms with E-state index in [0.717, 1.165) is 17.8 Å². The monoisotopic (exact) mass is 208 g/mol. The molecule has 1 amide bonds. The van der Waals surface area contributed by atoms with Gasteiger partial charge in [0, 0.05) is 31.7 Å². The van der Waals surface area contributed by atoms with Gasteiger partial charge in [-0.25, -0.2) is 0 Å². The number of primary amides is 1. The molecule has 0 aliphatic carbocycles. The molecule has 2 rings (SSSR count). The van der Waals surface area contributed by atoms with Crippen LogP contribution in [-0.4, -0.2) is 28.8 Å². The van der Waals surface area contributed by atoms with Crippen molar-refractivity contribution in [1.82, 2.24) is 15.1 Å². The van der Waals surface area contributed by atoms with Gasteiger partial charge in [-0.05, 0) is 12.5 Å². The fourth-order valence-electron chi connectivity index (χ4n) is 2.35. The van der Waals surface area contributed by atoms with Crippen LogP contribution in [0, 0.1) is 12.8 Å². The zero-order valence-corrected chi connectivity index (χ0v) is 9.03. The van der Waals surface area contributed by atoms with Crippen molar-refractivity contribution < 1.29 is 4.79 Å². The first-order chi connectivity index (χ1) is 7.11. The molecule has 3 N–H and O–H groups in total. The summed E-state index contributed by atoms with van der Waals surface area (Å²) in [6, 6.07) is 0. The van der Waals surface area contributed by atoms with Crippen LogP contribution in [0.25, 0.3) is 0 Å². The highest BCUT2D eigenvalue weighted by molar-refractivity contribution is 5.78. The molecule has 1 aliphatic heterocycles. The highest BCUT2D eigenvalue weighted by Gasteiger charge is 2.35. The lowest BCUT2D eigenvalue weighted by molar-refractivity contribution is -0.121.